The Hall–Kier alpha value is -2.89. The van der Waals surface area contributed by atoms with E-state index in [4.69, 9.17) is 9.47 Å². The van der Waals surface area contributed by atoms with Gasteiger partial charge in [0.1, 0.15) is 5.92 Å². The molecule has 12 heteroatoms. The number of carbonyl (C=O) groups excluding carboxylic acids is 3. The molecule has 4 atom stereocenters. The fourth-order valence-corrected chi connectivity index (χ4v) is 4.08. The van der Waals surface area contributed by atoms with Crippen molar-refractivity contribution in [2.24, 2.45) is 17.3 Å². The van der Waals surface area contributed by atoms with Gasteiger partial charge in [-0.2, -0.15) is 26.3 Å². The highest BCUT2D eigenvalue weighted by atomic mass is 19.4. The molecule has 33 heavy (non-hydrogen) atoms. The average Bonchev–Trinajstić information content (AvgIpc) is 3.29. The van der Waals surface area contributed by atoms with Gasteiger partial charge in [-0.1, -0.05) is 6.08 Å². The number of rotatable bonds is 2. The SMILES string of the molecule is CC(C)(C)C(=O)O[C@@]12C=C[C@@H](O1)[C@H]1C(=O)N(c3cc(C(F)(F)F)cc(C(F)(F)F)c3)C(=O)[C@H]12. The van der Waals surface area contributed by atoms with Crippen LogP contribution in [0, 0.1) is 17.3 Å². The minimum Gasteiger partial charge on any atom is -0.428 e. The summed E-state index contributed by atoms with van der Waals surface area (Å²) in [4.78, 5) is 38.9. The van der Waals surface area contributed by atoms with Crippen LogP contribution in [0.3, 0.4) is 0 Å². The standard InChI is InChI=1S/C21H17F6NO5/c1-18(2,3)17(31)33-19-5-4-12(32-19)13-14(19)16(30)28(15(13)29)11-7-9(20(22,23)24)6-10(8-11)21(25,26)27/h4-8,12-14H,1-3H3/t12-,13-,14+,19-/m1/s1. The zero-order valence-corrected chi connectivity index (χ0v) is 17.4. The number of carbonyl (C=O) groups is 3. The summed E-state index contributed by atoms with van der Waals surface area (Å²) in [6.07, 6.45) is -8.71. The molecule has 3 aliphatic rings. The molecular weight excluding hydrogens is 460 g/mol. The number of imide groups is 1. The minimum atomic E-state index is -5.16. The molecule has 0 aromatic heterocycles. The Morgan fingerprint density at radius 3 is 2.00 bits per heavy atom. The summed E-state index contributed by atoms with van der Waals surface area (Å²) >= 11 is 0. The normalized spacial score (nSPS) is 29.1. The first kappa shape index (κ1) is 23.3. The fourth-order valence-electron chi connectivity index (χ4n) is 4.08. The van der Waals surface area contributed by atoms with Gasteiger partial charge in [-0.3, -0.25) is 14.4 Å². The number of benzene rings is 1. The van der Waals surface area contributed by atoms with Gasteiger partial charge in [0.2, 0.25) is 17.6 Å². The smallest absolute Gasteiger partial charge is 0.416 e. The summed E-state index contributed by atoms with van der Waals surface area (Å²) in [6, 6.07) is 0.503. The number of fused-ring (bicyclic) bond motifs is 5. The Labute approximate surface area is 183 Å². The Kier molecular flexibility index (Phi) is 4.80. The second-order valence-corrected chi connectivity index (χ2v) is 9.08. The summed E-state index contributed by atoms with van der Waals surface area (Å²) in [5.74, 6) is -7.62. The average molecular weight is 477 g/mol. The van der Waals surface area contributed by atoms with Gasteiger partial charge in [0.05, 0.1) is 34.3 Å². The van der Waals surface area contributed by atoms with Crippen molar-refractivity contribution in [2.75, 3.05) is 4.90 Å². The highest BCUT2D eigenvalue weighted by molar-refractivity contribution is 6.23. The van der Waals surface area contributed by atoms with E-state index < -0.39 is 76.1 Å². The van der Waals surface area contributed by atoms with E-state index in [1.54, 1.807) is 0 Å². The van der Waals surface area contributed by atoms with Crippen molar-refractivity contribution in [3.05, 3.63) is 41.5 Å². The van der Waals surface area contributed by atoms with Crippen LogP contribution in [0.15, 0.2) is 30.4 Å². The topological polar surface area (TPSA) is 72.9 Å². The molecular formula is C21H17F6NO5. The Morgan fingerprint density at radius 2 is 1.52 bits per heavy atom. The number of esters is 1. The lowest BCUT2D eigenvalue weighted by Gasteiger charge is -2.31. The third-order valence-electron chi connectivity index (χ3n) is 5.67. The summed E-state index contributed by atoms with van der Waals surface area (Å²) in [7, 11) is 0. The van der Waals surface area contributed by atoms with E-state index in [1.165, 1.54) is 32.9 Å². The first-order chi connectivity index (χ1) is 15.0. The molecule has 178 valence electrons. The zero-order valence-electron chi connectivity index (χ0n) is 17.4. The summed E-state index contributed by atoms with van der Waals surface area (Å²) in [5, 5.41) is 0. The van der Waals surface area contributed by atoms with Crippen LogP contribution < -0.4 is 4.90 Å². The van der Waals surface area contributed by atoms with Crippen molar-refractivity contribution in [3.8, 4) is 0 Å². The van der Waals surface area contributed by atoms with Gasteiger partial charge in [0.25, 0.3) is 0 Å². The van der Waals surface area contributed by atoms with Crippen LogP contribution in [0.2, 0.25) is 0 Å². The largest absolute Gasteiger partial charge is 0.428 e. The lowest BCUT2D eigenvalue weighted by Crippen LogP contribution is -2.46. The summed E-state index contributed by atoms with van der Waals surface area (Å²) in [6.45, 7) is 4.59. The first-order valence-electron chi connectivity index (χ1n) is 9.74. The van der Waals surface area contributed by atoms with Crippen LogP contribution >= 0.6 is 0 Å². The molecule has 2 bridgehead atoms. The van der Waals surface area contributed by atoms with E-state index in [2.05, 4.69) is 0 Å². The molecule has 0 spiro atoms. The second-order valence-electron chi connectivity index (χ2n) is 9.08. The molecule has 2 amide bonds. The third-order valence-corrected chi connectivity index (χ3v) is 5.67. The molecule has 1 aromatic rings. The molecule has 0 saturated carbocycles. The summed E-state index contributed by atoms with van der Waals surface area (Å²) < 4.78 is 90.5. The van der Waals surface area contributed by atoms with Crippen LogP contribution in [0.25, 0.3) is 0 Å². The molecule has 3 heterocycles. The lowest BCUT2D eigenvalue weighted by atomic mass is 9.82. The zero-order chi connectivity index (χ0) is 24.7. The molecule has 0 radical (unpaired) electrons. The van der Waals surface area contributed by atoms with E-state index in [9.17, 15) is 40.7 Å². The van der Waals surface area contributed by atoms with Crippen LogP contribution in [0.1, 0.15) is 31.9 Å². The predicted molar refractivity (Wildman–Crippen MR) is 98.2 cm³/mol. The predicted octanol–water partition coefficient (Wildman–Crippen LogP) is 4.08. The van der Waals surface area contributed by atoms with Gasteiger partial charge in [0.15, 0.2) is 0 Å². The van der Waals surface area contributed by atoms with E-state index >= 15 is 0 Å². The van der Waals surface area contributed by atoms with Crippen molar-refractivity contribution >= 4 is 23.5 Å². The van der Waals surface area contributed by atoms with Crippen molar-refractivity contribution in [3.63, 3.8) is 0 Å². The van der Waals surface area contributed by atoms with Crippen molar-refractivity contribution < 1.29 is 50.2 Å². The monoisotopic (exact) mass is 477 g/mol. The maximum Gasteiger partial charge on any atom is 0.416 e. The number of hydrogen-bond acceptors (Lipinski definition) is 5. The number of halogens is 6. The third kappa shape index (κ3) is 3.60. The molecule has 4 rings (SSSR count). The molecule has 6 nitrogen and oxygen atoms in total. The molecule has 0 N–H and O–H groups in total. The Morgan fingerprint density at radius 1 is 0.970 bits per heavy atom. The van der Waals surface area contributed by atoms with Crippen molar-refractivity contribution in [1.29, 1.82) is 0 Å². The number of ether oxygens (including phenoxy) is 2. The van der Waals surface area contributed by atoms with Gasteiger partial charge < -0.3 is 9.47 Å². The molecule has 3 aliphatic heterocycles. The number of hydrogen-bond donors (Lipinski definition) is 0. The quantitative estimate of drug-likeness (QED) is 0.278. The van der Waals surface area contributed by atoms with E-state index in [0.29, 0.717) is 12.1 Å². The molecule has 0 unspecified atom stereocenters. The van der Waals surface area contributed by atoms with E-state index in [0.717, 1.165) is 0 Å². The van der Waals surface area contributed by atoms with Crippen LogP contribution in [0.4, 0.5) is 32.0 Å². The number of alkyl halides is 6. The maximum absolute atomic E-state index is 13.3. The minimum absolute atomic E-state index is 0.101. The maximum atomic E-state index is 13.3. The highest BCUT2D eigenvalue weighted by Gasteiger charge is 2.70. The Bertz CT molecular complexity index is 1050. The van der Waals surface area contributed by atoms with Gasteiger partial charge in [0, 0.05) is 0 Å². The Balaban J connectivity index is 1.77. The van der Waals surface area contributed by atoms with Gasteiger partial charge >= 0.3 is 18.3 Å². The highest BCUT2D eigenvalue weighted by Crippen LogP contribution is 2.54. The molecule has 0 aliphatic carbocycles. The first-order valence-corrected chi connectivity index (χ1v) is 9.74. The van der Waals surface area contributed by atoms with E-state index in [-0.39, 0.29) is 11.0 Å². The van der Waals surface area contributed by atoms with Crippen LogP contribution in [-0.2, 0) is 36.2 Å². The van der Waals surface area contributed by atoms with Crippen molar-refractivity contribution in [2.45, 2.75) is 45.0 Å². The number of nitrogens with zero attached hydrogens (tertiary/aromatic N) is 1. The van der Waals surface area contributed by atoms with Crippen LogP contribution in [0.5, 0.6) is 0 Å². The lowest BCUT2D eigenvalue weighted by molar-refractivity contribution is -0.212. The van der Waals surface area contributed by atoms with Gasteiger partial charge in [-0.05, 0) is 45.0 Å². The van der Waals surface area contributed by atoms with Crippen LogP contribution in [-0.4, -0.2) is 29.7 Å². The van der Waals surface area contributed by atoms with E-state index in [1.807, 2.05) is 0 Å². The number of amides is 2. The molecule has 1 aromatic carbocycles. The van der Waals surface area contributed by atoms with Gasteiger partial charge in [-0.15, -0.1) is 0 Å². The number of anilines is 1. The van der Waals surface area contributed by atoms with Gasteiger partial charge in [-0.25, -0.2) is 4.90 Å². The second kappa shape index (κ2) is 6.81. The molecule has 2 fully saturated rings. The van der Waals surface area contributed by atoms with Crippen molar-refractivity contribution in [1.82, 2.24) is 0 Å². The fraction of sp³-hybridized carbons (Fsp3) is 0.476. The molecule has 2 saturated heterocycles. The summed E-state index contributed by atoms with van der Waals surface area (Å²) in [5.41, 5.74) is -5.23.